The summed E-state index contributed by atoms with van der Waals surface area (Å²) in [6, 6.07) is 11.8. The average molecular weight is 343 g/mol. The normalized spacial score (nSPS) is 10.7. The standard InChI is InChI=1S/C18H15F2N3O2/c1-11-2-4-12(5-3-11)16-9-18(25)23(22-16)10-17(24)21-15-7-6-13(19)8-14(15)20/h2-9,22H,10H2,1H3,(H,21,24). The van der Waals surface area contributed by atoms with Crippen LogP contribution in [0, 0.1) is 18.6 Å². The van der Waals surface area contributed by atoms with Crippen molar-refractivity contribution in [1.29, 1.82) is 0 Å². The van der Waals surface area contributed by atoms with Gasteiger partial charge in [0.05, 0.1) is 11.4 Å². The zero-order valence-electron chi connectivity index (χ0n) is 13.3. The highest BCUT2D eigenvalue weighted by Crippen LogP contribution is 2.16. The summed E-state index contributed by atoms with van der Waals surface area (Å²) in [5, 5.41) is 5.16. The largest absolute Gasteiger partial charge is 0.322 e. The SMILES string of the molecule is Cc1ccc(-c2cc(=O)n(CC(=O)Nc3ccc(F)cc3F)[nH]2)cc1. The number of nitrogens with one attached hydrogen (secondary N) is 2. The van der Waals surface area contributed by atoms with Crippen LogP contribution in [0.25, 0.3) is 11.3 Å². The van der Waals surface area contributed by atoms with Crippen molar-refractivity contribution in [3.05, 3.63) is 76.1 Å². The first-order valence-electron chi connectivity index (χ1n) is 7.54. The van der Waals surface area contributed by atoms with E-state index < -0.39 is 17.5 Å². The smallest absolute Gasteiger partial charge is 0.267 e. The monoisotopic (exact) mass is 343 g/mol. The summed E-state index contributed by atoms with van der Waals surface area (Å²) < 4.78 is 27.5. The number of anilines is 1. The summed E-state index contributed by atoms with van der Waals surface area (Å²) in [4.78, 5) is 24.0. The highest BCUT2D eigenvalue weighted by molar-refractivity contribution is 5.90. The van der Waals surface area contributed by atoms with Crippen molar-refractivity contribution in [3.63, 3.8) is 0 Å². The van der Waals surface area contributed by atoms with Crippen LogP contribution in [0.5, 0.6) is 0 Å². The molecule has 0 saturated carbocycles. The third-order valence-corrected chi connectivity index (χ3v) is 3.66. The summed E-state index contributed by atoms with van der Waals surface area (Å²) in [5.41, 5.74) is 1.94. The van der Waals surface area contributed by atoms with E-state index in [2.05, 4.69) is 10.4 Å². The number of hydrogen-bond donors (Lipinski definition) is 2. The third kappa shape index (κ3) is 3.82. The van der Waals surface area contributed by atoms with E-state index in [1.165, 1.54) is 6.07 Å². The Hall–Kier alpha value is -3.22. The number of amides is 1. The number of carbonyl (C=O) groups excluding carboxylic acids is 1. The third-order valence-electron chi connectivity index (χ3n) is 3.66. The van der Waals surface area contributed by atoms with Gasteiger partial charge in [-0.3, -0.25) is 14.7 Å². The maximum Gasteiger partial charge on any atom is 0.267 e. The molecule has 0 spiro atoms. The molecule has 0 aliphatic rings. The number of benzene rings is 2. The number of aromatic amines is 1. The molecule has 0 bridgehead atoms. The van der Waals surface area contributed by atoms with Gasteiger partial charge in [-0.15, -0.1) is 0 Å². The Balaban J connectivity index is 1.75. The van der Waals surface area contributed by atoms with Crippen LogP contribution < -0.4 is 10.9 Å². The van der Waals surface area contributed by atoms with Crippen LogP contribution in [-0.2, 0) is 11.3 Å². The number of hydrogen-bond acceptors (Lipinski definition) is 2. The molecule has 0 saturated heterocycles. The molecule has 1 amide bonds. The van der Waals surface area contributed by atoms with Crippen LogP contribution in [0.3, 0.4) is 0 Å². The number of rotatable bonds is 4. The minimum Gasteiger partial charge on any atom is -0.322 e. The molecule has 0 unspecified atom stereocenters. The molecule has 0 atom stereocenters. The van der Waals surface area contributed by atoms with Crippen LogP contribution >= 0.6 is 0 Å². The first kappa shape index (κ1) is 16.6. The van der Waals surface area contributed by atoms with Gasteiger partial charge in [0, 0.05) is 12.1 Å². The number of carbonyl (C=O) groups is 1. The number of halogens is 2. The molecule has 3 rings (SSSR count). The summed E-state index contributed by atoms with van der Waals surface area (Å²) in [7, 11) is 0. The number of nitrogens with zero attached hydrogens (tertiary/aromatic N) is 1. The second kappa shape index (κ2) is 6.72. The molecule has 5 nitrogen and oxygen atoms in total. The molecule has 0 radical (unpaired) electrons. The van der Waals surface area contributed by atoms with Gasteiger partial charge in [0.1, 0.15) is 18.2 Å². The average Bonchev–Trinajstić information content (AvgIpc) is 2.91. The number of H-pyrrole nitrogens is 1. The van der Waals surface area contributed by atoms with Gasteiger partial charge in [-0.2, -0.15) is 0 Å². The fraction of sp³-hybridized carbons (Fsp3) is 0.111. The van der Waals surface area contributed by atoms with Gasteiger partial charge in [-0.1, -0.05) is 29.8 Å². The lowest BCUT2D eigenvalue weighted by Gasteiger charge is -2.07. The van der Waals surface area contributed by atoms with Crippen LogP contribution in [0.4, 0.5) is 14.5 Å². The van der Waals surface area contributed by atoms with Crippen molar-refractivity contribution in [2.24, 2.45) is 0 Å². The van der Waals surface area contributed by atoms with Crippen molar-refractivity contribution in [3.8, 4) is 11.3 Å². The minimum atomic E-state index is -0.882. The van der Waals surface area contributed by atoms with Crippen molar-refractivity contribution in [1.82, 2.24) is 9.78 Å². The lowest BCUT2D eigenvalue weighted by atomic mass is 10.1. The number of aryl methyl sites for hydroxylation is 1. The van der Waals surface area contributed by atoms with Crippen molar-refractivity contribution in [2.75, 3.05) is 5.32 Å². The molecule has 1 aromatic heterocycles. The van der Waals surface area contributed by atoms with Crippen LogP contribution in [0.15, 0.2) is 53.3 Å². The van der Waals surface area contributed by atoms with E-state index in [9.17, 15) is 18.4 Å². The van der Waals surface area contributed by atoms with Gasteiger partial charge in [-0.25, -0.2) is 13.5 Å². The second-order valence-electron chi connectivity index (χ2n) is 5.63. The van der Waals surface area contributed by atoms with E-state index >= 15 is 0 Å². The van der Waals surface area contributed by atoms with E-state index in [0.29, 0.717) is 11.8 Å². The second-order valence-corrected chi connectivity index (χ2v) is 5.63. The molecule has 25 heavy (non-hydrogen) atoms. The summed E-state index contributed by atoms with van der Waals surface area (Å²) in [6.07, 6.45) is 0. The zero-order valence-corrected chi connectivity index (χ0v) is 13.3. The predicted molar refractivity (Wildman–Crippen MR) is 90.2 cm³/mol. The quantitative estimate of drug-likeness (QED) is 0.764. The maximum atomic E-state index is 13.6. The Kier molecular flexibility index (Phi) is 4.47. The minimum absolute atomic E-state index is 0.148. The van der Waals surface area contributed by atoms with Gasteiger partial charge in [-0.05, 0) is 24.6 Å². The lowest BCUT2D eigenvalue weighted by Crippen LogP contribution is -2.26. The summed E-state index contributed by atoms with van der Waals surface area (Å²) in [5.74, 6) is -2.23. The Labute approximate surface area is 141 Å². The van der Waals surface area contributed by atoms with E-state index in [4.69, 9.17) is 0 Å². The Morgan fingerprint density at radius 1 is 1.12 bits per heavy atom. The molecular weight excluding hydrogens is 328 g/mol. The fourth-order valence-corrected chi connectivity index (χ4v) is 2.36. The molecule has 2 aromatic carbocycles. The van der Waals surface area contributed by atoms with Crippen molar-refractivity contribution >= 4 is 11.6 Å². The summed E-state index contributed by atoms with van der Waals surface area (Å²) >= 11 is 0. The first-order valence-corrected chi connectivity index (χ1v) is 7.54. The van der Waals surface area contributed by atoms with E-state index in [1.54, 1.807) is 0 Å². The molecule has 7 heteroatoms. The molecule has 2 N–H and O–H groups in total. The molecule has 0 aliphatic heterocycles. The Morgan fingerprint density at radius 2 is 1.84 bits per heavy atom. The summed E-state index contributed by atoms with van der Waals surface area (Å²) in [6.45, 7) is 1.64. The molecular formula is C18H15F2N3O2. The van der Waals surface area contributed by atoms with Crippen LogP contribution in [0.1, 0.15) is 5.56 Å². The van der Waals surface area contributed by atoms with Crippen LogP contribution in [-0.4, -0.2) is 15.7 Å². The topological polar surface area (TPSA) is 66.9 Å². The molecule has 0 fully saturated rings. The first-order chi connectivity index (χ1) is 11.9. The highest BCUT2D eigenvalue weighted by atomic mass is 19.1. The maximum absolute atomic E-state index is 13.6. The number of aromatic nitrogens is 2. The van der Waals surface area contributed by atoms with Crippen molar-refractivity contribution in [2.45, 2.75) is 13.5 Å². The molecule has 0 aliphatic carbocycles. The van der Waals surface area contributed by atoms with Gasteiger partial charge < -0.3 is 5.32 Å². The van der Waals surface area contributed by atoms with Gasteiger partial charge in [0.15, 0.2) is 0 Å². The lowest BCUT2D eigenvalue weighted by molar-refractivity contribution is -0.117. The van der Waals surface area contributed by atoms with Crippen molar-refractivity contribution < 1.29 is 13.6 Å². The van der Waals surface area contributed by atoms with Gasteiger partial charge in [0.25, 0.3) is 5.56 Å². The predicted octanol–water partition coefficient (Wildman–Crippen LogP) is 3.07. The molecule has 128 valence electrons. The van der Waals surface area contributed by atoms with Gasteiger partial charge in [0.2, 0.25) is 5.91 Å². The fourth-order valence-electron chi connectivity index (χ4n) is 2.36. The van der Waals surface area contributed by atoms with Gasteiger partial charge >= 0.3 is 0 Å². The zero-order chi connectivity index (χ0) is 18.0. The van der Waals surface area contributed by atoms with E-state index in [0.717, 1.165) is 27.9 Å². The molecule has 1 heterocycles. The van der Waals surface area contributed by atoms with Crippen LogP contribution in [0.2, 0.25) is 0 Å². The molecule has 3 aromatic rings. The highest BCUT2D eigenvalue weighted by Gasteiger charge is 2.11. The van der Waals surface area contributed by atoms with E-state index in [-0.39, 0.29) is 17.8 Å². The Bertz CT molecular complexity index is 975. The van der Waals surface area contributed by atoms with E-state index in [1.807, 2.05) is 31.2 Å². The Morgan fingerprint density at radius 3 is 2.52 bits per heavy atom.